The summed E-state index contributed by atoms with van der Waals surface area (Å²) in [5.41, 5.74) is 0. The fraction of sp³-hybridized carbons (Fsp3) is 1.00. The Morgan fingerprint density at radius 1 is 1.08 bits per heavy atom. The van der Waals surface area contributed by atoms with Gasteiger partial charge in [-0.15, -0.1) is 4.91 Å². The van der Waals surface area contributed by atoms with Gasteiger partial charge in [0.15, 0.2) is 0 Å². The summed E-state index contributed by atoms with van der Waals surface area (Å²) in [5, 5.41) is 2.20. The van der Waals surface area contributed by atoms with Crippen LogP contribution in [-0.2, 0) is 0 Å². The number of piperidine rings is 1. The van der Waals surface area contributed by atoms with Crippen LogP contribution in [0.5, 0.6) is 0 Å². The van der Waals surface area contributed by atoms with Crippen LogP contribution in [0.1, 0.15) is 6.42 Å². The van der Waals surface area contributed by atoms with Crippen LogP contribution in [0.15, 0.2) is 5.29 Å². The Kier molecular flexibility index (Phi) is 1.97. The molecule has 0 spiro atoms. The third-order valence-corrected chi connectivity index (χ3v) is 1.46. The van der Waals surface area contributed by atoms with Crippen LogP contribution in [0.4, 0.5) is 17.6 Å². The molecular weight excluding hydrogens is 180 g/mol. The van der Waals surface area contributed by atoms with E-state index in [0.29, 0.717) is 0 Å². The monoisotopic (exact) mass is 186 g/mol. The second-order valence-electron chi connectivity index (χ2n) is 2.79. The maximum absolute atomic E-state index is 12.4. The number of nitrogens with zero attached hydrogens (tertiary/aromatic N) is 2. The Labute approximate surface area is 65.3 Å². The van der Waals surface area contributed by atoms with Crippen LogP contribution < -0.4 is 0 Å². The summed E-state index contributed by atoms with van der Waals surface area (Å²) in [6.07, 6.45) is -1.51. The Balaban J connectivity index is 2.72. The molecule has 1 saturated heterocycles. The number of nitroso groups, excluding NO2 is 1. The van der Waals surface area contributed by atoms with Crippen molar-refractivity contribution in [2.45, 2.75) is 18.3 Å². The topological polar surface area (TPSA) is 32.7 Å². The van der Waals surface area contributed by atoms with Crippen molar-refractivity contribution in [3.05, 3.63) is 4.91 Å². The summed E-state index contributed by atoms with van der Waals surface area (Å²) < 4.78 is 49.7. The van der Waals surface area contributed by atoms with E-state index in [-0.39, 0.29) is 5.01 Å². The van der Waals surface area contributed by atoms with E-state index >= 15 is 0 Å². The lowest BCUT2D eigenvalue weighted by atomic mass is 10.1. The van der Waals surface area contributed by atoms with Gasteiger partial charge < -0.3 is 0 Å². The van der Waals surface area contributed by atoms with Gasteiger partial charge in [-0.25, -0.2) is 22.6 Å². The maximum Gasteiger partial charge on any atom is 0.272 e. The summed E-state index contributed by atoms with van der Waals surface area (Å²) in [6, 6.07) is 0. The lowest BCUT2D eigenvalue weighted by molar-refractivity contribution is -0.171. The predicted molar refractivity (Wildman–Crippen MR) is 31.9 cm³/mol. The third-order valence-electron chi connectivity index (χ3n) is 1.46. The molecule has 0 aromatic heterocycles. The summed E-state index contributed by atoms with van der Waals surface area (Å²) in [4.78, 5) is 9.74. The van der Waals surface area contributed by atoms with Crippen molar-refractivity contribution in [2.24, 2.45) is 5.29 Å². The van der Waals surface area contributed by atoms with Gasteiger partial charge in [-0.3, -0.25) is 0 Å². The molecule has 0 unspecified atom stereocenters. The predicted octanol–water partition coefficient (Wildman–Crippen LogP) is 1.64. The summed E-state index contributed by atoms with van der Waals surface area (Å²) >= 11 is 0. The van der Waals surface area contributed by atoms with E-state index in [1.165, 1.54) is 0 Å². The van der Waals surface area contributed by atoms with Crippen LogP contribution in [0.25, 0.3) is 0 Å². The van der Waals surface area contributed by atoms with Crippen molar-refractivity contribution in [3.8, 4) is 0 Å². The molecule has 0 amide bonds. The first kappa shape index (κ1) is 9.21. The first-order valence-corrected chi connectivity index (χ1v) is 3.19. The van der Waals surface area contributed by atoms with Gasteiger partial charge in [-0.1, -0.05) is 0 Å². The van der Waals surface area contributed by atoms with E-state index in [1.54, 1.807) is 0 Å². The molecule has 70 valence electrons. The molecule has 1 rings (SSSR count). The van der Waals surface area contributed by atoms with Gasteiger partial charge in [0, 0.05) is 0 Å². The number of hydrogen-bond acceptors (Lipinski definition) is 2. The molecule has 0 saturated carbocycles. The van der Waals surface area contributed by atoms with Gasteiger partial charge in [0.1, 0.15) is 13.1 Å². The zero-order valence-corrected chi connectivity index (χ0v) is 5.94. The van der Waals surface area contributed by atoms with Crippen molar-refractivity contribution in [2.75, 3.05) is 13.1 Å². The number of halogens is 4. The van der Waals surface area contributed by atoms with E-state index in [4.69, 9.17) is 0 Å². The highest BCUT2D eigenvalue weighted by Crippen LogP contribution is 2.36. The van der Waals surface area contributed by atoms with Crippen molar-refractivity contribution < 1.29 is 17.6 Å². The van der Waals surface area contributed by atoms with E-state index in [9.17, 15) is 22.5 Å². The minimum absolute atomic E-state index is 0.142. The molecule has 0 aliphatic carbocycles. The lowest BCUT2D eigenvalue weighted by Gasteiger charge is -2.33. The lowest BCUT2D eigenvalue weighted by Crippen LogP contribution is -2.50. The fourth-order valence-corrected chi connectivity index (χ4v) is 1.14. The van der Waals surface area contributed by atoms with Crippen LogP contribution in [0.2, 0.25) is 0 Å². The minimum Gasteiger partial charge on any atom is -0.249 e. The van der Waals surface area contributed by atoms with E-state index < -0.39 is 31.4 Å². The maximum atomic E-state index is 12.4. The molecule has 0 N–H and O–H groups in total. The number of alkyl halides is 4. The van der Waals surface area contributed by atoms with Crippen LogP contribution in [0.3, 0.4) is 0 Å². The van der Waals surface area contributed by atoms with Gasteiger partial charge in [0.05, 0.1) is 11.7 Å². The number of hydrogen-bond donors (Lipinski definition) is 0. The van der Waals surface area contributed by atoms with Crippen molar-refractivity contribution in [3.63, 3.8) is 0 Å². The van der Waals surface area contributed by atoms with Gasteiger partial charge >= 0.3 is 0 Å². The molecule has 0 aromatic carbocycles. The van der Waals surface area contributed by atoms with Gasteiger partial charge in [-0.05, 0) is 0 Å². The standard InChI is InChI=1S/C5H6F4N2O/c6-4(7)1-5(8,9)3-11(2-4)10-12/h1-3H2. The van der Waals surface area contributed by atoms with E-state index in [2.05, 4.69) is 5.29 Å². The Bertz CT molecular complexity index is 180. The van der Waals surface area contributed by atoms with Gasteiger partial charge in [0.25, 0.3) is 11.8 Å². The molecular formula is C5H6F4N2O. The molecule has 3 nitrogen and oxygen atoms in total. The van der Waals surface area contributed by atoms with Crippen molar-refractivity contribution >= 4 is 0 Å². The Morgan fingerprint density at radius 2 is 1.50 bits per heavy atom. The smallest absolute Gasteiger partial charge is 0.249 e. The van der Waals surface area contributed by atoms with Crippen molar-refractivity contribution in [1.29, 1.82) is 0 Å². The second kappa shape index (κ2) is 2.56. The van der Waals surface area contributed by atoms with Crippen LogP contribution >= 0.6 is 0 Å². The molecule has 1 fully saturated rings. The molecule has 1 heterocycles. The Morgan fingerprint density at radius 3 is 1.83 bits per heavy atom. The molecule has 12 heavy (non-hydrogen) atoms. The SMILES string of the molecule is O=NN1CC(F)(F)CC(F)(F)C1. The molecule has 0 bridgehead atoms. The molecule has 1 aliphatic rings. The zero-order valence-electron chi connectivity index (χ0n) is 5.94. The largest absolute Gasteiger partial charge is 0.272 e. The second-order valence-corrected chi connectivity index (χ2v) is 2.79. The summed E-state index contributed by atoms with van der Waals surface area (Å²) in [6.45, 7) is -2.04. The first-order chi connectivity index (χ1) is 5.35. The molecule has 1 aliphatic heterocycles. The van der Waals surface area contributed by atoms with Gasteiger partial charge in [0.2, 0.25) is 0 Å². The number of rotatable bonds is 1. The molecule has 0 radical (unpaired) electrons. The molecule has 0 atom stereocenters. The fourth-order valence-electron chi connectivity index (χ4n) is 1.14. The van der Waals surface area contributed by atoms with Crippen LogP contribution in [0, 0.1) is 4.91 Å². The van der Waals surface area contributed by atoms with Gasteiger partial charge in [-0.2, -0.15) is 0 Å². The molecule has 0 aromatic rings. The van der Waals surface area contributed by atoms with E-state index in [1.807, 2.05) is 0 Å². The highest BCUT2D eigenvalue weighted by molar-refractivity contribution is 4.87. The average molecular weight is 186 g/mol. The third kappa shape index (κ3) is 2.05. The average Bonchev–Trinajstić information content (AvgIpc) is 1.80. The highest BCUT2D eigenvalue weighted by Gasteiger charge is 2.50. The van der Waals surface area contributed by atoms with Crippen molar-refractivity contribution in [1.82, 2.24) is 5.01 Å². The highest BCUT2D eigenvalue weighted by atomic mass is 19.3. The normalized spacial score (nSPS) is 26.8. The Hall–Kier alpha value is -0.880. The van der Waals surface area contributed by atoms with E-state index in [0.717, 1.165) is 0 Å². The first-order valence-electron chi connectivity index (χ1n) is 3.19. The molecule has 7 heteroatoms. The summed E-state index contributed by atoms with van der Waals surface area (Å²) in [5.74, 6) is -7.06. The van der Waals surface area contributed by atoms with Crippen LogP contribution in [-0.4, -0.2) is 29.9 Å². The summed E-state index contributed by atoms with van der Waals surface area (Å²) in [7, 11) is 0. The quantitative estimate of drug-likeness (QED) is 0.460. The zero-order chi connectivity index (χ0) is 9.41. The minimum atomic E-state index is -3.53.